The summed E-state index contributed by atoms with van der Waals surface area (Å²) in [6.07, 6.45) is 0. The number of aliphatic hydroxyl groups is 1. The maximum absolute atomic E-state index is 11.2. The summed E-state index contributed by atoms with van der Waals surface area (Å²) < 4.78 is 5.40. The van der Waals surface area contributed by atoms with Gasteiger partial charge < -0.3 is 9.84 Å². The molecule has 0 heterocycles. The van der Waals surface area contributed by atoms with E-state index in [1.165, 1.54) is 13.8 Å². The highest BCUT2D eigenvalue weighted by molar-refractivity contribution is 6.04. The highest BCUT2D eigenvalue weighted by Gasteiger charge is 2.28. The standard InChI is InChI=1S/C16H16O2.C7H12O2.2C2H6.CH4O/c1-3-18-16-10-8-15(9-11-16)14-6-4-13(5-7-14)12(2)17;1-5(8)7(3,4)6(2)9;3*1-2/h4-11H,3H2,1-2H3;1-4H3;2*1-2H3;2H,1H3. The van der Waals surface area contributed by atoms with Gasteiger partial charge in [0.15, 0.2) is 5.78 Å². The quantitative estimate of drug-likeness (QED) is 0.378. The van der Waals surface area contributed by atoms with Crippen molar-refractivity contribution in [2.75, 3.05) is 13.7 Å². The lowest BCUT2D eigenvalue weighted by Crippen LogP contribution is -2.29. The van der Waals surface area contributed by atoms with Crippen LogP contribution in [0.15, 0.2) is 48.5 Å². The molecule has 0 unspecified atom stereocenters. The van der Waals surface area contributed by atoms with Crippen LogP contribution in [0.25, 0.3) is 11.1 Å². The molecule has 0 aliphatic rings. The Hall–Kier alpha value is -2.79. The molecule has 1 N–H and O–H groups in total. The molecule has 2 rings (SSSR count). The van der Waals surface area contributed by atoms with Crippen molar-refractivity contribution in [2.24, 2.45) is 5.41 Å². The van der Waals surface area contributed by atoms with Crippen LogP contribution in [0.2, 0.25) is 0 Å². The van der Waals surface area contributed by atoms with Gasteiger partial charge in [0, 0.05) is 12.7 Å². The number of hydrogen-bond acceptors (Lipinski definition) is 5. The summed E-state index contributed by atoms with van der Waals surface area (Å²) in [5.74, 6) is 0.819. The Labute approximate surface area is 201 Å². The monoisotopic (exact) mass is 460 g/mol. The number of hydrogen-bond donors (Lipinski definition) is 1. The van der Waals surface area contributed by atoms with Crippen LogP contribution in [-0.4, -0.2) is 36.2 Å². The predicted molar refractivity (Wildman–Crippen MR) is 139 cm³/mol. The third-order valence-electron chi connectivity index (χ3n) is 4.55. The molecule has 0 saturated carbocycles. The molecule has 0 aliphatic carbocycles. The summed E-state index contributed by atoms with van der Waals surface area (Å²) in [4.78, 5) is 32.6. The molecule has 33 heavy (non-hydrogen) atoms. The van der Waals surface area contributed by atoms with Crippen LogP contribution >= 0.6 is 0 Å². The molecule has 2 aromatic rings. The SMILES string of the molecule is CC.CC.CC(=O)C(C)(C)C(C)=O.CCOc1ccc(-c2ccc(C(C)=O)cc2)cc1.CO. The third kappa shape index (κ3) is 13.4. The van der Waals surface area contributed by atoms with Gasteiger partial charge in [-0.3, -0.25) is 14.4 Å². The van der Waals surface area contributed by atoms with Crippen LogP contribution in [0, 0.1) is 5.41 Å². The van der Waals surface area contributed by atoms with E-state index in [1.54, 1.807) is 20.8 Å². The topological polar surface area (TPSA) is 80.7 Å². The fourth-order valence-corrected chi connectivity index (χ4v) is 2.06. The zero-order valence-corrected chi connectivity index (χ0v) is 22.4. The number of rotatable bonds is 6. The average Bonchev–Trinajstić information content (AvgIpc) is 2.84. The number of carbonyl (C=O) groups excluding carboxylic acids is 3. The zero-order valence-electron chi connectivity index (χ0n) is 22.4. The molecule has 0 aromatic heterocycles. The van der Waals surface area contributed by atoms with Crippen molar-refractivity contribution in [3.05, 3.63) is 54.1 Å². The number of carbonyl (C=O) groups is 3. The average molecular weight is 461 g/mol. The lowest BCUT2D eigenvalue weighted by molar-refractivity contribution is -0.136. The van der Waals surface area contributed by atoms with E-state index in [1.807, 2.05) is 83.1 Å². The predicted octanol–water partition coefficient (Wildman–Crippen LogP) is 6.81. The first-order valence-corrected chi connectivity index (χ1v) is 11.4. The van der Waals surface area contributed by atoms with Gasteiger partial charge in [-0.1, -0.05) is 64.1 Å². The van der Waals surface area contributed by atoms with Gasteiger partial charge in [-0.2, -0.15) is 0 Å². The molecular weight excluding hydrogens is 416 g/mol. The molecule has 0 amide bonds. The molecule has 0 saturated heterocycles. The Balaban J connectivity index is -0.000000509. The maximum Gasteiger partial charge on any atom is 0.159 e. The van der Waals surface area contributed by atoms with Gasteiger partial charge in [-0.25, -0.2) is 0 Å². The fraction of sp³-hybridized carbons (Fsp3) is 0.464. The molecule has 0 atom stereocenters. The molecule has 186 valence electrons. The van der Waals surface area contributed by atoms with E-state index in [0.29, 0.717) is 6.61 Å². The van der Waals surface area contributed by atoms with E-state index in [0.717, 1.165) is 29.5 Å². The second-order valence-corrected chi connectivity index (χ2v) is 6.83. The van der Waals surface area contributed by atoms with E-state index >= 15 is 0 Å². The fourth-order valence-electron chi connectivity index (χ4n) is 2.06. The minimum absolute atomic E-state index is 0.0741. The van der Waals surface area contributed by atoms with Gasteiger partial charge >= 0.3 is 0 Å². The summed E-state index contributed by atoms with van der Waals surface area (Å²) in [6, 6.07) is 15.6. The van der Waals surface area contributed by atoms with E-state index in [4.69, 9.17) is 9.84 Å². The number of aliphatic hydroxyl groups excluding tert-OH is 1. The van der Waals surface area contributed by atoms with Crippen molar-refractivity contribution < 1.29 is 24.2 Å². The molecule has 0 radical (unpaired) electrons. The zero-order chi connectivity index (χ0) is 26.6. The Morgan fingerprint density at radius 1 is 0.727 bits per heavy atom. The largest absolute Gasteiger partial charge is 0.494 e. The van der Waals surface area contributed by atoms with Crippen molar-refractivity contribution >= 4 is 17.3 Å². The van der Waals surface area contributed by atoms with Crippen LogP contribution in [0.1, 0.15) is 79.6 Å². The molecule has 5 heteroatoms. The Kier molecular flexibility index (Phi) is 21.0. The summed E-state index contributed by atoms with van der Waals surface area (Å²) in [6.45, 7) is 18.4. The highest BCUT2D eigenvalue weighted by atomic mass is 16.5. The first-order chi connectivity index (χ1) is 15.6. The Morgan fingerprint density at radius 3 is 1.30 bits per heavy atom. The summed E-state index contributed by atoms with van der Waals surface area (Å²) >= 11 is 0. The smallest absolute Gasteiger partial charge is 0.159 e. The number of ketones is 3. The molecule has 0 aliphatic heterocycles. The number of ether oxygens (including phenoxy) is 1. The van der Waals surface area contributed by atoms with Crippen LogP contribution < -0.4 is 4.74 Å². The summed E-state index contributed by atoms with van der Waals surface area (Å²) in [5, 5.41) is 7.00. The second kappa shape index (κ2) is 19.9. The van der Waals surface area contributed by atoms with E-state index in [2.05, 4.69) is 0 Å². The first kappa shape index (κ1) is 34.8. The van der Waals surface area contributed by atoms with E-state index in [9.17, 15) is 14.4 Å². The lowest BCUT2D eigenvalue weighted by atomic mass is 9.85. The van der Waals surface area contributed by atoms with Gasteiger partial charge in [0.25, 0.3) is 0 Å². The van der Waals surface area contributed by atoms with Gasteiger partial charge in [0.05, 0.1) is 12.0 Å². The number of benzene rings is 2. The van der Waals surface area contributed by atoms with Crippen LogP contribution in [0.5, 0.6) is 5.75 Å². The van der Waals surface area contributed by atoms with Crippen molar-refractivity contribution in [2.45, 2.75) is 69.2 Å². The summed E-state index contributed by atoms with van der Waals surface area (Å²) in [5.41, 5.74) is 2.18. The van der Waals surface area contributed by atoms with Gasteiger partial charge in [0.1, 0.15) is 17.3 Å². The Bertz CT molecular complexity index is 772. The third-order valence-corrected chi connectivity index (χ3v) is 4.55. The van der Waals surface area contributed by atoms with Gasteiger partial charge in [-0.15, -0.1) is 0 Å². The van der Waals surface area contributed by atoms with E-state index in [-0.39, 0.29) is 17.3 Å². The van der Waals surface area contributed by atoms with Crippen molar-refractivity contribution in [3.63, 3.8) is 0 Å². The first-order valence-electron chi connectivity index (χ1n) is 11.4. The van der Waals surface area contributed by atoms with Crippen molar-refractivity contribution in [1.82, 2.24) is 0 Å². The minimum atomic E-state index is -0.778. The minimum Gasteiger partial charge on any atom is -0.494 e. The second-order valence-electron chi connectivity index (χ2n) is 6.83. The van der Waals surface area contributed by atoms with Crippen molar-refractivity contribution in [1.29, 1.82) is 0 Å². The molecule has 0 spiro atoms. The molecule has 2 aromatic carbocycles. The van der Waals surface area contributed by atoms with Crippen LogP contribution in [-0.2, 0) is 9.59 Å². The highest BCUT2D eigenvalue weighted by Crippen LogP contribution is 2.23. The molecule has 0 fully saturated rings. The molecular formula is C28H44O5. The lowest BCUT2D eigenvalue weighted by Gasteiger charge is -2.15. The molecule has 5 nitrogen and oxygen atoms in total. The molecule has 0 bridgehead atoms. The Morgan fingerprint density at radius 2 is 1.06 bits per heavy atom. The number of Topliss-reactive ketones (excluding diaryl/α,β-unsaturated/α-hetero) is 3. The maximum atomic E-state index is 11.2. The van der Waals surface area contributed by atoms with Crippen LogP contribution in [0.4, 0.5) is 0 Å². The van der Waals surface area contributed by atoms with Crippen LogP contribution in [0.3, 0.4) is 0 Å². The van der Waals surface area contributed by atoms with Gasteiger partial charge in [-0.05, 0) is 64.8 Å². The van der Waals surface area contributed by atoms with E-state index < -0.39 is 5.41 Å². The normalized spacial score (nSPS) is 9.09. The summed E-state index contributed by atoms with van der Waals surface area (Å²) in [7, 11) is 1.00. The van der Waals surface area contributed by atoms with Crippen molar-refractivity contribution in [3.8, 4) is 16.9 Å². The van der Waals surface area contributed by atoms with Gasteiger partial charge in [0.2, 0.25) is 0 Å².